The summed E-state index contributed by atoms with van der Waals surface area (Å²) in [6.45, 7) is 0.630. The number of hydrogen-bond donors (Lipinski definition) is 0. The Labute approximate surface area is 110 Å². The van der Waals surface area contributed by atoms with Crippen LogP contribution in [-0.2, 0) is 6.54 Å². The standard InChI is InChI=1S/C13H12Cl2N2/c14-11-4-2-1-3-10(11)8-17-13(15)7-12(16-17)9-5-6-9/h1-4,7,9H,5-6,8H2. The van der Waals surface area contributed by atoms with Crippen LogP contribution in [0.2, 0.25) is 10.2 Å². The molecule has 1 fully saturated rings. The zero-order valence-corrected chi connectivity index (χ0v) is 10.7. The molecule has 1 saturated carbocycles. The van der Waals surface area contributed by atoms with E-state index in [1.807, 2.05) is 35.0 Å². The fourth-order valence-electron chi connectivity index (χ4n) is 1.89. The van der Waals surface area contributed by atoms with E-state index in [0.29, 0.717) is 17.6 Å². The summed E-state index contributed by atoms with van der Waals surface area (Å²) in [4.78, 5) is 0. The molecule has 2 aromatic rings. The number of rotatable bonds is 3. The molecule has 17 heavy (non-hydrogen) atoms. The zero-order valence-electron chi connectivity index (χ0n) is 9.24. The van der Waals surface area contributed by atoms with Gasteiger partial charge in [-0.05, 0) is 30.5 Å². The Morgan fingerprint density at radius 3 is 2.71 bits per heavy atom. The highest BCUT2D eigenvalue weighted by molar-refractivity contribution is 6.31. The molecule has 0 atom stereocenters. The number of aromatic nitrogens is 2. The highest BCUT2D eigenvalue weighted by Gasteiger charge is 2.27. The van der Waals surface area contributed by atoms with E-state index < -0.39 is 0 Å². The van der Waals surface area contributed by atoms with Crippen LogP contribution in [0.1, 0.15) is 30.0 Å². The summed E-state index contributed by atoms with van der Waals surface area (Å²) in [5.41, 5.74) is 2.16. The minimum absolute atomic E-state index is 0.625. The van der Waals surface area contributed by atoms with Crippen LogP contribution in [0, 0.1) is 0 Å². The van der Waals surface area contributed by atoms with Gasteiger partial charge in [-0.2, -0.15) is 5.10 Å². The first-order chi connectivity index (χ1) is 8.24. The molecule has 0 amide bonds. The molecule has 0 bridgehead atoms. The van der Waals surface area contributed by atoms with Crippen LogP contribution in [0.25, 0.3) is 0 Å². The van der Waals surface area contributed by atoms with E-state index in [9.17, 15) is 0 Å². The van der Waals surface area contributed by atoms with E-state index in [0.717, 1.165) is 16.3 Å². The van der Waals surface area contributed by atoms with Crippen molar-refractivity contribution in [3.63, 3.8) is 0 Å². The van der Waals surface area contributed by atoms with Crippen LogP contribution in [0.3, 0.4) is 0 Å². The molecular weight excluding hydrogens is 255 g/mol. The molecule has 0 radical (unpaired) electrons. The molecule has 2 nitrogen and oxygen atoms in total. The summed E-state index contributed by atoms with van der Waals surface area (Å²) in [7, 11) is 0. The molecule has 3 rings (SSSR count). The molecule has 4 heteroatoms. The number of halogens is 2. The lowest BCUT2D eigenvalue weighted by atomic mass is 10.2. The van der Waals surface area contributed by atoms with E-state index in [4.69, 9.17) is 23.2 Å². The van der Waals surface area contributed by atoms with E-state index in [-0.39, 0.29) is 0 Å². The summed E-state index contributed by atoms with van der Waals surface area (Å²) in [5.74, 6) is 0.625. The van der Waals surface area contributed by atoms with Crippen molar-refractivity contribution in [3.05, 3.63) is 51.8 Å². The summed E-state index contributed by atoms with van der Waals surface area (Å²) in [6.07, 6.45) is 2.47. The molecule has 1 aromatic heterocycles. The average Bonchev–Trinajstić information content (AvgIpc) is 3.09. The molecule has 1 heterocycles. The van der Waals surface area contributed by atoms with Crippen LogP contribution in [-0.4, -0.2) is 9.78 Å². The summed E-state index contributed by atoms with van der Waals surface area (Å²) >= 11 is 12.3. The van der Waals surface area contributed by atoms with Gasteiger partial charge in [0.25, 0.3) is 0 Å². The van der Waals surface area contributed by atoms with Crippen LogP contribution < -0.4 is 0 Å². The van der Waals surface area contributed by atoms with Gasteiger partial charge in [-0.3, -0.25) is 0 Å². The van der Waals surface area contributed by atoms with Gasteiger partial charge in [0.1, 0.15) is 5.15 Å². The van der Waals surface area contributed by atoms with Crippen molar-refractivity contribution in [2.45, 2.75) is 25.3 Å². The van der Waals surface area contributed by atoms with E-state index in [1.165, 1.54) is 12.8 Å². The number of nitrogens with zero attached hydrogens (tertiary/aromatic N) is 2. The highest BCUT2D eigenvalue weighted by atomic mass is 35.5. The predicted octanol–water partition coefficient (Wildman–Crippen LogP) is 4.12. The van der Waals surface area contributed by atoms with Crippen LogP contribution >= 0.6 is 23.2 Å². The second-order valence-electron chi connectivity index (χ2n) is 4.42. The van der Waals surface area contributed by atoms with Crippen molar-refractivity contribution in [2.24, 2.45) is 0 Å². The maximum absolute atomic E-state index is 6.18. The molecule has 1 aromatic carbocycles. The molecule has 0 unspecified atom stereocenters. The van der Waals surface area contributed by atoms with Gasteiger partial charge in [-0.15, -0.1) is 0 Å². The topological polar surface area (TPSA) is 17.8 Å². The van der Waals surface area contributed by atoms with E-state index >= 15 is 0 Å². The summed E-state index contributed by atoms with van der Waals surface area (Å²) in [5, 5.41) is 5.98. The van der Waals surface area contributed by atoms with Crippen LogP contribution in [0.5, 0.6) is 0 Å². The van der Waals surface area contributed by atoms with Gasteiger partial charge in [0.2, 0.25) is 0 Å². The lowest BCUT2D eigenvalue weighted by molar-refractivity contribution is 0.673. The van der Waals surface area contributed by atoms with Crippen molar-refractivity contribution in [2.75, 3.05) is 0 Å². The summed E-state index contributed by atoms with van der Waals surface area (Å²) in [6, 6.07) is 9.75. The van der Waals surface area contributed by atoms with E-state index in [1.54, 1.807) is 0 Å². The van der Waals surface area contributed by atoms with Gasteiger partial charge in [0.15, 0.2) is 0 Å². The molecular formula is C13H12Cl2N2. The Bertz CT molecular complexity index is 544. The molecule has 1 aliphatic rings. The van der Waals surface area contributed by atoms with Crippen molar-refractivity contribution in [1.82, 2.24) is 9.78 Å². The maximum atomic E-state index is 6.18. The first-order valence-corrected chi connectivity index (χ1v) is 6.46. The Morgan fingerprint density at radius 1 is 1.24 bits per heavy atom. The van der Waals surface area contributed by atoms with Crippen molar-refractivity contribution >= 4 is 23.2 Å². The largest absolute Gasteiger partial charge is 0.249 e. The molecule has 0 saturated heterocycles. The quantitative estimate of drug-likeness (QED) is 0.818. The highest BCUT2D eigenvalue weighted by Crippen LogP contribution is 2.40. The lowest BCUT2D eigenvalue weighted by Gasteiger charge is -2.05. The second kappa shape index (κ2) is 4.35. The van der Waals surface area contributed by atoms with E-state index in [2.05, 4.69) is 5.10 Å². The van der Waals surface area contributed by atoms with Crippen molar-refractivity contribution < 1.29 is 0 Å². The molecule has 0 spiro atoms. The predicted molar refractivity (Wildman–Crippen MR) is 69.8 cm³/mol. The van der Waals surface area contributed by atoms with Crippen molar-refractivity contribution in [3.8, 4) is 0 Å². The Morgan fingerprint density at radius 2 is 2.00 bits per heavy atom. The van der Waals surface area contributed by atoms with Gasteiger partial charge in [0.05, 0.1) is 12.2 Å². The molecule has 88 valence electrons. The third-order valence-corrected chi connectivity index (χ3v) is 3.70. The van der Waals surface area contributed by atoms with Gasteiger partial charge >= 0.3 is 0 Å². The molecule has 0 aliphatic heterocycles. The molecule has 1 aliphatic carbocycles. The van der Waals surface area contributed by atoms with Gasteiger partial charge in [0, 0.05) is 10.9 Å². The third-order valence-electron chi connectivity index (χ3n) is 3.02. The van der Waals surface area contributed by atoms with Gasteiger partial charge in [-0.1, -0.05) is 41.4 Å². The lowest BCUT2D eigenvalue weighted by Crippen LogP contribution is -2.02. The van der Waals surface area contributed by atoms with Gasteiger partial charge < -0.3 is 0 Å². The van der Waals surface area contributed by atoms with Crippen LogP contribution in [0.4, 0.5) is 0 Å². The average molecular weight is 267 g/mol. The van der Waals surface area contributed by atoms with Gasteiger partial charge in [-0.25, -0.2) is 4.68 Å². The monoisotopic (exact) mass is 266 g/mol. The molecule has 0 N–H and O–H groups in total. The summed E-state index contributed by atoms with van der Waals surface area (Å²) < 4.78 is 1.82. The first kappa shape index (κ1) is 11.1. The maximum Gasteiger partial charge on any atom is 0.127 e. The Kier molecular flexibility index (Phi) is 2.85. The fourth-order valence-corrected chi connectivity index (χ4v) is 2.29. The minimum atomic E-state index is 0.625. The van der Waals surface area contributed by atoms with Crippen molar-refractivity contribution in [1.29, 1.82) is 0 Å². The minimum Gasteiger partial charge on any atom is -0.249 e. The smallest absolute Gasteiger partial charge is 0.127 e. The second-order valence-corrected chi connectivity index (χ2v) is 5.21. The normalized spacial score (nSPS) is 15.2. The first-order valence-electron chi connectivity index (χ1n) is 5.70. The fraction of sp³-hybridized carbons (Fsp3) is 0.308. The Hall–Kier alpha value is -0.990. The number of benzene rings is 1. The number of hydrogen-bond acceptors (Lipinski definition) is 1. The Balaban J connectivity index is 1.87. The SMILES string of the molecule is Clc1ccccc1Cn1nc(C2CC2)cc1Cl. The zero-order chi connectivity index (χ0) is 11.8. The van der Waals surface area contributed by atoms with Crippen LogP contribution in [0.15, 0.2) is 30.3 Å². The third kappa shape index (κ3) is 2.33.